The molecule has 0 aliphatic carbocycles. The molecular weight excluding hydrogens is 220 g/mol. The van der Waals surface area contributed by atoms with E-state index in [0.29, 0.717) is 11.1 Å². The molecule has 5 heteroatoms. The van der Waals surface area contributed by atoms with Gasteiger partial charge in [-0.25, -0.2) is 9.89 Å². The van der Waals surface area contributed by atoms with Gasteiger partial charge in [-0.2, -0.15) is 5.10 Å². The number of hydrogen-bond acceptors (Lipinski definition) is 4. The van der Waals surface area contributed by atoms with Gasteiger partial charge in [0.15, 0.2) is 0 Å². The zero-order valence-corrected chi connectivity index (χ0v) is 9.14. The number of benzene rings is 1. The van der Waals surface area contributed by atoms with Crippen LogP contribution in [0.5, 0.6) is 0 Å². The topological polar surface area (TPSA) is 72.0 Å². The Kier molecular flexibility index (Phi) is 3.00. The van der Waals surface area contributed by atoms with Gasteiger partial charge in [0.2, 0.25) is 0 Å². The first kappa shape index (κ1) is 11.1. The van der Waals surface area contributed by atoms with E-state index in [1.807, 2.05) is 0 Å². The van der Waals surface area contributed by atoms with Crippen molar-refractivity contribution in [1.82, 2.24) is 10.2 Å². The molecule has 0 amide bonds. The summed E-state index contributed by atoms with van der Waals surface area (Å²) in [5.41, 5.74) is 1.54. The number of esters is 1. The highest BCUT2D eigenvalue weighted by atomic mass is 16.5. The van der Waals surface area contributed by atoms with Crippen LogP contribution in [-0.4, -0.2) is 23.3 Å². The first-order chi connectivity index (χ1) is 8.20. The molecule has 2 rings (SSSR count). The van der Waals surface area contributed by atoms with E-state index in [2.05, 4.69) is 14.9 Å². The number of carbonyl (C=O) groups excluding carboxylic acids is 1. The maximum atomic E-state index is 11.4. The van der Waals surface area contributed by atoms with E-state index >= 15 is 0 Å². The smallest absolute Gasteiger partial charge is 0.337 e. The van der Waals surface area contributed by atoms with Gasteiger partial charge in [0.1, 0.15) is 0 Å². The number of carbonyl (C=O) groups is 1. The minimum atomic E-state index is -0.412. The molecule has 1 heterocycles. The molecule has 0 aliphatic heterocycles. The molecule has 1 aromatic carbocycles. The van der Waals surface area contributed by atoms with Crippen LogP contribution in [0.25, 0.3) is 11.1 Å². The number of nitrogens with zero attached hydrogens (tertiary/aromatic N) is 1. The Labute approximate surface area is 97.1 Å². The predicted molar refractivity (Wildman–Crippen MR) is 61.6 cm³/mol. The second kappa shape index (κ2) is 4.61. The molecule has 0 fully saturated rings. The summed E-state index contributed by atoms with van der Waals surface area (Å²) in [4.78, 5) is 22.5. The molecule has 0 unspecified atom stereocenters. The van der Waals surface area contributed by atoms with Crippen LogP contribution >= 0.6 is 0 Å². The summed E-state index contributed by atoms with van der Waals surface area (Å²) in [5.74, 6) is -0.412. The van der Waals surface area contributed by atoms with Crippen molar-refractivity contribution in [2.75, 3.05) is 7.11 Å². The van der Waals surface area contributed by atoms with Crippen LogP contribution in [0.4, 0.5) is 0 Å². The molecule has 0 aliphatic rings. The lowest BCUT2D eigenvalue weighted by molar-refractivity contribution is 0.0601. The summed E-state index contributed by atoms with van der Waals surface area (Å²) in [6.07, 6.45) is 1.53. The Hall–Kier alpha value is -2.43. The Morgan fingerprint density at radius 3 is 2.82 bits per heavy atom. The van der Waals surface area contributed by atoms with Crippen molar-refractivity contribution in [1.29, 1.82) is 0 Å². The molecule has 2 aromatic rings. The number of ether oxygens (including phenoxy) is 1. The Bertz CT molecular complexity index is 604. The second-order valence-electron chi connectivity index (χ2n) is 3.41. The third-order valence-corrected chi connectivity index (χ3v) is 2.28. The van der Waals surface area contributed by atoms with E-state index in [0.717, 1.165) is 5.56 Å². The van der Waals surface area contributed by atoms with Gasteiger partial charge in [0.05, 0.1) is 18.9 Å². The zero-order chi connectivity index (χ0) is 12.3. The summed E-state index contributed by atoms with van der Waals surface area (Å²) in [5, 5.41) is 5.99. The van der Waals surface area contributed by atoms with Crippen LogP contribution in [-0.2, 0) is 4.74 Å². The average molecular weight is 230 g/mol. The molecule has 0 saturated carbocycles. The molecule has 17 heavy (non-hydrogen) atoms. The van der Waals surface area contributed by atoms with Gasteiger partial charge in [-0.3, -0.25) is 4.79 Å². The highest BCUT2D eigenvalue weighted by Crippen LogP contribution is 2.18. The average Bonchev–Trinajstić information content (AvgIpc) is 2.38. The molecule has 5 nitrogen and oxygen atoms in total. The summed E-state index contributed by atoms with van der Waals surface area (Å²) in [7, 11) is 1.32. The summed E-state index contributed by atoms with van der Waals surface area (Å²) < 4.78 is 4.63. The van der Waals surface area contributed by atoms with Crippen molar-refractivity contribution in [3.8, 4) is 11.1 Å². The number of rotatable bonds is 2. The van der Waals surface area contributed by atoms with Crippen molar-refractivity contribution in [2.24, 2.45) is 0 Å². The van der Waals surface area contributed by atoms with Crippen molar-refractivity contribution < 1.29 is 9.53 Å². The fourth-order valence-electron chi connectivity index (χ4n) is 1.48. The minimum absolute atomic E-state index is 0.286. The maximum absolute atomic E-state index is 11.4. The standard InChI is InChI=1S/C12H10N2O3/c1-17-12(16)9-4-2-3-8(5-9)10-6-11(15)14-13-7-10/h2-7H,1H3,(H,14,15). The van der Waals surface area contributed by atoms with E-state index < -0.39 is 5.97 Å². The third-order valence-electron chi connectivity index (χ3n) is 2.28. The molecule has 0 spiro atoms. The largest absolute Gasteiger partial charge is 0.465 e. The highest BCUT2D eigenvalue weighted by Gasteiger charge is 2.06. The maximum Gasteiger partial charge on any atom is 0.337 e. The van der Waals surface area contributed by atoms with Crippen LogP contribution in [0.3, 0.4) is 0 Å². The van der Waals surface area contributed by atoms with Crippen molar-refractivity contribution in [3.05, 3.63) is 52.4 Å². The van der Waals surface area contributed by atoms with Gasteiger partial charge in [-0.15, -0.1) is 0 Å². The van der Waals surface area contributed by atoms with Crippen molar-refractivity contribution in [2.45, 2.75) is 0 Å². The highest BCUT2D eigenvalue weighted by molar-refractivity contribution is 5.90. The SMILES string of the molecule is COC(=O)c1cccc(-c2cn[nH]c(=O)c2)c1. The van der Waals surface area contributed by atoms with E-state index in [1.165, 1.54) is 19.4 Å². The fourth-order valence-corrected chi connectivity index (χ4v) is 1.48. The first-order valence-electron chi connectivity index (χ1n) is 4.94. The molecule has 0 bridgehead atoms. The molecule has 1 aromatic heterocycles. The van der Waals surface area contributed by atoms with Crippen molar-refractivity contribution >= 4 is 5.97 Å². The van der Waals surface area contributed by atoms with E-state index in [-0.39, 0.29) is 5.56 Å². The molecular formula is C12H10N2O3. The van der Waals surface area contributed by atoms with Crippen LogP contribution in [0.1, 0.15) is 10.4 Å². The quantitative estimate of drug-likeness (QED) is 0.787. The van der Waals surface area contributed by atoms with E-state index in [1.54, 1.807) is 24.3 Å². The minimum Gasteiger partial charge on any atom is -0.465 e. The van der Waals surface area contributed by atoms with Crippen molar-refractivity contribution in [3.63, 3.8) is 0 Å². The van der Waals surface area contributed by atoms with E-state index in [4.69, 9.17) is 0 Å². The van der Waals surface area contributed by atoms with Gasteiger partial charge in [-0.05, 0) is 17.7 Å². The van der Waals surface area contributed by atoms with Gasteiger partial charge < -0.3 is 4.74 Å². The van der Waals surface area contributed by atoms with Gasteiger partial charge in [0, 0.05) is 11.6 Å². The van der Waals surface area contributed by atoms with Gasteiger partial charge in [-0.1, -0.05) is 12.1 Å². The number of aromatic nitrogens is 2. The number of nitrogens with one attached hydrogen (secondary N) is 1. The molecule has 86 valence electrons. The zero-order valence-electron chi connectivity index (χ0n) is 9.14. The van der Waals surface area contributed by atoms with E-state index in [9.17, 15) is 9.59 Å². The molecule has 0 atom stereocenters. The Morgan fingerprint density at radius 1 is 1.29 bits per heavy atom. The lowest BCUT2D eigenvalue weighted by Crippen LogP contribution is -2.06. The second-order valence-corrected chi connectivity index (χ2v) is 3.41. The fraction of sp³-hybridized carbons (Fsp3) is 0.0833. The molecule has 0 radical (unpaired) electrons. The van der Waals surface area contributed by atoms with Crippen LogP contribution in [0.2, 0.25) is 0 Å². The molecule has 0 saturated heterocycles. The van der Waals surface area contributed by atoms with Gasteiger partial charge in [0.25, 0.3) is 5.56 Å². The lowest BCUT2D eigenvalue weighted by atomic mass is 10.1. The summed E-state index contributed by atoms with van der Waals surface area (Å²) in [6, 6.07) is 8.24. The summed E-state index contributed by atoms with van der Waals surface area (Å²) in [6.45, 7) is 0. The lowest BCUT2D eigenvalue weighted by Gasteiger charge is -2.03. The third kappa shape index (κ3) is 2.39. The van der Waals surface area contributed by atoms with Crippen LogP contribution in [0, 0.1) is 0 Å². The van der Waals surface area contributed by atoms with Gasteiger partial charge >= 0.3 is 5.97 Å². The number of methoxy groups -OCH3 is 1. The number of H-pyrrole nitrogens is 1. The van der Waals surface area contributed by atoms with Crippen LogP contribution in [0.15, 0.2) is 41.3 Å². The Balaban J connectivity index is 2.46. The predicted octanol–water partition coefficient (Wildman–Crippen LogP) is 1.22. The monoisotopic (exact) mass is 230 g/mol. The number of hydrogen-bond donors (Lipinski definition) is 1. The normalized spacial score (nSPS) is 9.94. The first-order valence-corrected chi connectivity index (χ1v) is 4.94. The van der Waals surface area contributed by atoms with Crippen LogP contribution < -0.4 is 5.56 Å². The molecule has 1 N–H and O–H groups in total. The Morgan fingerprint density at radius 2 is 2.12 bits per heavy atom. The number of aromatic amines is 1. The summed E-state index contributed by atoms with van der Waals surface area (Å²) >= 11 is 0.